The van der Waals surface area contributed by atoms with Crippen LogP contribution in [-0.4, -0.2) is 31.3 Å². The summed E-state index contributed by atoms with van der Waals surface area (Å²) in [5, 5.41) is 8.76. The second-order valence-electron chi connectivity index (χ2n) is 5.05. The number of para-hydroxylation sites is 1. The predicted octanol–water partition coefficient (Wildman–Crippen LogP) is 3.26. The van der Waals surface area contributed by atoms with Crippen molar-refractivity contribution in [2.75, 3.05) is 5.32 Å². The lowest BCUT2D eigenvalue weighted by Crippen LogP contribution is -2.23. The summed E-state index contributed by atoms with van der Waals surface area (Å²) in [4.78, 5) is 20.4. The average molecular weight is 361 g/mol. The van der Waals surface area contributed by atoms with Crippen molar-refractivity contribution in [3.8, 4) is 11.4 Å². The summed E-state index contributed by atoms with van der Waals surface area (Å²) < 4.78 is 27.2. The van der Waals surface area contributed by atoms with Gasteiger partial charge >= 0.3 is 0 Å². The van der Waals surface area contributed by atoms with E-state index in [0.29, 0.717) is 11.0 Å². The lowest BCUT2D eigenvalue weighted by atomic mass is 10.3. The molecule has 0 unspecified atom stereocenters. The van der Waals surface area contributed by atoms with Crippen LogP contribution in [0, 0.1) is 11.6 Å². The van der Waals surface area contributed by atoms with Gasteiger partial charge in [-0.1, -0.05) is 17.8 Å². The van der Waals surface area contributed by atoms with Crippen molar-refractivity contribution in [1.29, 1.82) is 0 Å². The first-order valence-electron chi connectivity index (χ1n) is 7.29. The SMILES string of the molecule is C[C@H](Sc1n[nH]c(-c2ccncc2)n1)C(=O)Nc1c(F)cccc1F. The van der Waals surface area contributed by atoms with Gasteiger partial charge in [0.05, 0.1) is 5.25 Å². The Labute approximate surface area is 146 Å². The maximum atomic E-state index is 13.6. The van der Waals surface area contributed by atoms with E-state index in [9.17, 15) is 13.6 Å². The van der Waals surface area contributed by atoms with Gasteiger partial charge in [0, 0.05) is 18.0 Å². The molecule has 6 nitrogen and oxygen atoms in total. The van der Waals surface area contributed by atoms with E-state index in [-0.39, 0.29) is 0 Å². The van der Waals surface area contributed by atoms with Crippen LogP contribution in [0.3, 0.4) is 0 Å². The summed E-state index contributed by atoms with van der Waals surface area (Å²) in [5.41, 5.74) is 0.340. The molecular weight excluding hydrogens is 348 g/mol. The van der Waals surface area contributed by atoms with Gasteiger partial charge in [0.15, 0.2) is 5.82 Å². The molecule has 0 saturated heterocycles. The molecule has 0 fully saturated rings. The standard InChI is InChI=1S/C16H13F2N5OS/c1-9(15(24)20-13-11(17)3-2-4-12(13)18)25-16-21-14(22-23-16)10-5-7-19-8-6-10/h2-9H,1H3,(H,20,24)(H,21,22,23)/t9-/m0/s1. The lowest BCUT2D eigenvalue weighted by molar-refractivity contribution is -0.115. The Morgan fingerprint density at radius 2 is 1.88 bits per heavy atom. The maximum Gasteiger partial charge on any atom is 0.237 e. The third kappa shape index (κ3) is 4.00. The van der Waals surface area contributed by atoms with Crippen molar-refractivity contribution < 1.29 is 13.6 Å². The van der Waals surface area contributed by atoms with Crippen LogP contribution in [0.2, 0.25) is 0 Å². The third-order valence-corrected chi connectivity index (χ3v) is 4.24. The zero-order valence-electron chi connectivity index (χ0n) is 13.0. The lowest BCUT2D eigenvalue weighted by Gasteiger charge is -2.11. The van der Waals surface area contributed by atoms with E-state index in [2.05, 4.69) is 25.5 Å². The molecule has 0 saturated carbocycles. The number of hydrogen-bond donors (Lipinski definition) is 2. The maximum absolute atomic E-state index is 13.6. The molecule has 2 aromatic heterocycles. The number of nitrogens with zero attached hydrogens (tertiary/aromatic N) is 3. The number of hydrogen-bond acceptors (Lipinski definition) is 5. The number of rotatable bonds is 5. The number of halogens is 2. The van der Waals surface area contributed by atoms with Crippen LogP contribution in [0.4, 0.5) is 14.5 Å². The number of nitrogens with one attached hydrogen (secondary N) is 2. The Morgan fingerprint density at radius 3 is 2.56 bits per heavy atom. The predicted molar refractivity (Wildman–Crippen MR) is 89.9 cm³/mol. The number of thioether (sulfide) groups is 1. The highest BCUT2D eigenvalue weighted by atomic mass is 32.2. The van der Waals surface area contributed by atoms with E-state index >= 15 is 0 Å². The number of carbonyl (C=O) groups excluding carboxylic acids is 1. The van der Waals surface area contributed by atoms with E-state index in [1.165, 1.54) is 6.07 Å². The minimum Gasteiger partial charge on any atom is -0.320 e. The summed E-state index contributed by atoms with van der Waals surface area (Å²) >= 11 is 1.07. The van der Waals surface area contributed by atoms with Crippen LogP contribution in [0.25, 0.3) is 11.4 Å². The number of aromatic nitrogens is 4. The molecule has 1 aromatic carbocycles. The van der Waals surface area contributed by atoms with E-state index in [4.69, 9.17) is 0 Å². The number of carbonyl (C=O) groups is 1. The van der Waals surface area contributed by atoms with Crippen LogP contribution in [0.5, 0.6) is 0 Å². The fraction of sp³-hybridized carbons (Fsp3) is 0.125. The summed E-state index contributed by atoms with van der Waals surface area (Å²) in [6.07, 6.45) is 3.26. The quantitative estimate of drug-likeness (QED) is 0.682. The van der Waals surface area contributed by atoms with Gasteiger partial charge in [-0.25, -0.2) is 13.8 Å². The fourth-order valence-electron chi connectivity index (χ4n) is 1.99. The number of pyridine rings is 1. The minimum atomic E-state index is -0.830. The zero-order valence-corrected chi connectivity index (χ0v) is 13.8. The van der Waals surface area contributed by atoms with Crippen LogP contribution in [0.15, 0.2) is 47.9 Å². The number of amides is 1. The van der Waals surface area contributed by atoms with E-state index in [1.54, 1.807) is 31.5 Å². The molecule has 0 aliphatic rings. The minimum absolute atomic E-state index is 0.350. The Morgan fingerprint density at radius 1 is 1.20 bits per heavy atom. The van der Waals surface area contributed by atoms with Crippen LogP contribution in [-0.2, 0) is 4.79 Å². The molecule has 2 heterocycles. The average Bonchev–Trinajstić information content (AvgIpc) is 3.07. The molecule has 9 heteroatoms. The first kappa shape index (κ1) is 17.0. The molecule has 0 radical (unpaired) electrons. The summed E-state index contributed by atoms with van der Waals surface area (Å²) in [5.74, 6) is -1.67. The number of benzene rings is 1. The van der Waals surface area contributed by atoms with Crippen LogP contribution < -0.4 is 5.32 Å². The highest BCUT2D eigenvalue weighted by Gasteiger charge is 2.20. The van der Waals surface area contributed by atoms with E-state index in [1.807, 2.05) is 0 Å². The number of aromatic amines is 1. The number of anilines is 1. The Kier molecular flexibility index (Phi) is 5.03. The zero-order chi connectivity index (χ0) is 17.8. The van der Waals surface area contributed by atoms with Crippen molar-refractivity contribution in [2.45, 2.75) is 17.3 Å². The van der Waals surface area contributed by atoms with Crippen molar-refractivity contribution in [2.24, 2.45) is 0 Å². The van der Waals surface area contributed by atoms with Gasteiger partial charge in [0.25, 0.3) is 0 Å². The van der Waals surface area contributed by atoms with Gasteiger partial charge in [-0.15, -0.1) is 5.10 Å². The van der Waals surface area contributed by atoms with Crippen molar-refractivity contribution in [3.63, 3.8) is 0 Å². The van der Waals surface area contributed by atoms with Crippen molar-refractivity contribution in [3.05, 3.63) is 54.4 Å². The normalized spacial score (nSPS) is 12.0. The molecule has 0 bridgehead atoms. The van der Waals surface area contributed by atoms with Gasteiger partial charge in [-0.05, 0) is 31.2 Å². The first-order valence-corrected chi connectivity index (χ1v) is 8.17. The highest BCUT2D eigenvalue weighted by molar-refractivity contribution is 8.00. The van der Waals surface area contributed by atoms with Crippen molar-refractivity contribution in [1.82, 2.24) is 20.2 Å². The van der Waals surface area contributed by atoms with E-state index in [0.717, 1.165) is 29.5 Å². The summed E-state index contributed by atoms with van der Waals surface area (Å²) in [6.45, 7) is 1.60. The molecule has 0 aliphatic carbocycles. The van der Waals surface area contributed by atoms with Gasteiger partial charge in [0.2, 0.25) is 11.1 Å². The molecule has 1 atom stereocenters. The second kappa shape index (κ2) is 7.39. The second-order valence-corrected chi connectivity index (χ2v) is 6.36. The molecule has 3 rings (SSSR count). The third-order valence-electron chi connectivity index (χ3n) is 3.28. The first-order chi connectivity index (χ1) is 12.0. The Balaban J connectivity index is 1.67. The van der Waals surface area contributed by atoms with Crippen molar-refractivity contribution >= 4 is 23.4 Å². The Bertz CT molecular complexity index is 867. The topological polar surface area (TPSA) is 83.6 Å². The van der Waals surface area contributed by atoms with Gasteiger partial charge in [-0.2, -0.15) is 0 Å². The molecule has 25 heavy (non-hydrogen) atoms. The number of H-pyrrole nitrogens is 1. The van der Waals surface area contributed by atoms with Crippen LogP contribution >= 0.6 is 11.8 Å². The van der Waals surface area contributed by atoms with Gasteiger partial charge in [0.1, 0.15) is 17.3 Å². The molecule has 128 valence electrons. The molecule has 3 aromatic rings. The molecule has 1 amide bonds. The molecule has 0 spiro atoms. The van der Waals surface area contributed by atoms with Gasteiger partial charge < -0.3 is 5.32 Å². The fourth-order valence-corrected chi connectivity index (χ4v) is 2.72. The largest absolute Gasteiger partial charge is 0.320 e. The summed E-state index contributed by atoms with van der Waals surface area (Å²) in [7, 11) is 0. The molecular formula is C16H13F2N5OS. The molecule has 2 N–H and O–H groups in total. The highest BCUT2D eigenvalue weighted by Crippen LogP contribution is 2.24. The Hall–Kier alpha value is -2.81. The smallest absolute Gasteiger partial charge is 0.237 e. The van der Waals surface area contributed by atoms with Crippen LogP contribution in [0.1, 0.15) is 6.92 Å². The van der Waals surface area contributed by atoms with Gasteiger partial charge in [-0.3, -0.25) is 14.9 Å². The summed E-state index contributed by atoms with van der Waals surface area (Å²) in [6, 6.07) is 6.92. The molecule has 0 aliphatic heterocycles. The monoisotopic (exact) mass is 361 g/mol. The van der Waals surface area contributed by atoms with E-state index < -0.39 is 28.5 Å².